The maximum absolute atomic E-state index is 12.8. The van der Waals surface area contributed by atoms with Crippen molar-refractivity contribution in [3.05, 3.63) is 40.4 Å². The number of rotatable bonds is 4. The zero-order valence-electron chi connectivity index (χ0n) is 14.8. The molecule has 7 heteroatoms. The van der Waals surface area contributed by atoms with E-state index < -0.39 is 5.60 Å². The number of thiazole rings is 1. The standard InChI is InChI=1S/C20H22ClN3O2S/c21-14-1-3-15(4-2-14)22-19-23-16(10-27-19)18(25)24-17-12-5-11-6-13(17)9-20(26,7-11)8-12/h1-4,10-13,17,26H,5-9H2,(H,22,23)(H,24,25)/t11?,12?,13?,17-,20-. The lowest BCUT2D eigenvalue weighted by Gasteiger charge is -2.58. The Kier molecular flexibility index (Phi) is 4.18. The van der Waals surface area contributed by atoms with Gasteiger partial charge >= 0.3 is 0 Å². The van der Waals surface area contributed by atoms with Gasteiger partial charge in [0.15, 0.2) is 5.13 Å². The molecule has 4 aliphatic rings. The summed E-state index contributed by atoms with van der Waals surface area (Å²) in [6, 6.07) is 7.55. The van der Waals surface area contributed by atoms with E-state index in [1.807, 2.05) is 24.3 Å². The summed E-state index contributed by atoms with van der Waals surface area (Å²) in [5.74, 6) is 1.32. The Hall–Kier alpha value is -1.63. The van der Waals surface area contributed by atoms with Crippen LogP contribution in [-0.4, -0.2) is 27.6 Å². The first-order chi connectivity index (χ1) is 13.0. The summed E-state index contributed by atoms with van der Waals surface area (Å²) in [5, 5.41) is 20.3. The summed E-state index contributed by atoms with van der Waals surface area (Å²) in [5.41, 5.74) is 0.854. The molecule has 2 atom stereocenters. The van der Waals surface area contributed by atoms with Crippen LogP contribution in [0, 0.1) is 17.8 Å². The zero-order valence-corrected chi connectivity index (χ0v) is 16.4. The van der Waals surface area contributed by atoms with Gasteiger partial charge in [0.05, 0.1) is 5.60 Å². The first kappa shape index (κ1) is 17.5. The molecule has 1 aromatic heterocycles. The second-order valence-electron chi connectivity index (χ2n) is 8.36. The SMILES string of the molecule is O=C(N[C@H]1C2CC3CC1C[C@](O)(C3)C2)c1csc(Nc2ccc(Cl)cc2)n1. The van der Waals surface area contributed by atoms with Crippen molar-refractivity contribution in [1.82, 2.24) is 10.3 Å². The molecule has 6 rings (SSSR count). The highest BCUT2D eigenvalue weighted by molar-refractivity contribution is 7.14. The topological polar surface area (TPSA) is 74.2 Å². The Labute approximate surface area is 167 Å². The maximum atomic E-state index is 12.8. The van der Waals surface area contributed by atoms with Gasteiger partial charge in [0, 0.05) is 22.1 Å². The largest absolute Gasteiger partial charge is 0.390 e. The molecule has 4 bridgehead atoms. The average molecular weight is 404 g/mol. The normalized spacial score (nSPS) is 33.9. The van der Waals surface area contributed by atoms with Crippen LogP contribution < -0.4 is 10.6 Å². The molecule has 0 radical (unpaired) electrons. The Morgan fingerprint density at radius 3 is 2.56 bits per heavy atom. The van der Waals surface area contributed by atoms with Crippen molar-refractivity contribution in [3.8, 4) is 0 Å². The molecular weight excluding hydrogens is 382 g/mol. The molecular formula is C20H22ClN3O2S. The molecule has 1 aromatic carbocycles. The predicted molar refractivity (Wildman–Crippen MR) is 107 cm³/mol. The number of carbonyl (C=O) groups is 1. The number of hydrogen-bond donors (Lipinski definition) is 3. The number of aliphatic hydroxyl groups is 1. The number of carbonyl (C=O) groups excluding carboxylic acids is 1. The van der Waals surface area contributed by atoms with E-state index in [0.29, 0.717) is 33.6 Å². The van der Waals surface area contributed by atoms with E-state index in [1.165, 1.54) is 11.3 Å². The van der Waals surface area contributed by atoms with E-state index in [2.05, 4.69) is 15.6 Å². The monoisotopic (exact) mass is 403 g/mol. The summed E-state index contributed by atoms with van der Waals surface area (Å²) in [6.07, 6.45) is 4.86. The first-order valence-electron chi connectivity index (χ1n) is 9.49. The number of nitrogens with zero attached hydrogens (tertiary/aromatic N) is 1. The van der Waals surface area contributed by atoms with Crippen LogP contribution in [0.2, 0.25) is 5.02 Å². The molecule has 142 valence electrons. The van der Waals surface area contributed by atoms with E-state index in [4.69, 9.17) is 11.6 Å². The molecule has 2 aromatic rings. The fraction of sp³-hybridized carbons (Fsp3) is 0.500. The third-order valence-electron chi connectivity index (χ3n) is 6.37. The van der Waals surface area contributed by atoms with Gasteiger partial charge in [-0.3, -0.25) is 4.79 Å². The Balaban J connectivity index is 1.26. The molecule has 1 heterocycles. The maximum Gasteiger partial charge on any atom is 0.271 e. The van der Waals surface area contributed by atoms with Gasteiger partial charge in [0.25, 0.3) is 5.91 Å². The molecule has 2 unspecified atom stereocenters. The molecule has 4 aliphatic carbocycles. The number of aromatic nitrogens is 1. The minimum Gasteiger partial charge on any atom is -0.390 e. The third kappa shape index (κ3) is 3.35. The van der Waals surface area contributed by atoms with Gasteiger partial charge in [-0.1, -0.05) is 11.6 Å². The molecule has 1 amide bonds. The van der Waals surface area contributed by atoms with Crippen LogP contribution in [0.5, 0.6) is 0 Å². The quantitative estimate of drug-likeness (QED) is 0.714. The van der Waals surface area contributed by atoms with Gasteiger partial charge in [-0.25, -0.2) is 4.98 Å². The minimum atomic E-state index is -0.478. The van der Waals surface area contributed by atoms with Gasteiger partial charge < -0.3 is 15.7 Å². The number of nitrogens with one attached hydrogen (secondary N) is 2. The van der Waals surface area contributed by atoms with Crippen molar-refractivity contribution in [2.75, 3.05) is 5.32 Å². The van der Waals surface area contributed by atoms with Crippen molar-refractivity contribution in [2.45, 2.75) is 43.7 Å². The van der Waals surface area contributed by atoms with Crippen LogP contribution in [0.1, 0.15) is 42.6 Å². The van der Waals surface area contributed by atoms with Gasteiger partial charge in [0.2, 0.25) is 0 Å². The molecule has 4 fully saturated rings. The highest BCUT2D eigenvalue weighted by Gasteiger charge is 2.55. The smallest absolute Gasteiger partial charge is 0.271 e. The molecule has 4 saturated carbocycles. The van der Waals surface area contributed by atoms with Gasteiger partial charge in [-0.05, 0) is 74.1 Å². The first-order valence-corrected chi connectivity index (χ1v) is 10.7. The summed E-state index contributed by atoms with van der Waals surface area (Å²) in [4.78, 5) is 17.2. The van der Waals surface area contributed by atoms with Gasteiger partial charge in [-0.15, -0.1) is 11.3 Å². The van der Waals surface area contributed by atoms with Crippen molar-refractivity contribution >= 4 is 39.7 Å². The van der Waals surface area contributed by atoms with Crippen molar-refractivity contribution in [2.24, 2.45) is 17.8 Å². The highest BCUT2D eigenvalue weighted by Crippen LogP contribution is 2.55. The number of halogens is 1. The second-order valence-corrected chi connectivity index (χ2v) is 9.66. The fourth-order valence-corrected chi connectivity index (χ4v) is 6.37. The summed E-state index contributed by atoms with van der Waals surface area (Å²) >= 11 is 7.32. The van der Waals surface area contributed by atoms with Crippen LogP contribution >= 0.6 is 22.9 Å². The summed E-state index contributed by atoms with van der Waals surface area (Å²) in [7, 11) is 0. The lowest BCUT2D eigenvalue weighted by atomic mass is 9.52. The van der Waals surface area contributed by atoms with Crippen LogP contribution in [0.3, 0.4) is 0 Å². The number of benzene rings is 1. The van der Waals surface area contributed by atoms with Crippen LogP contribution in [0.15, 0.2) is 29.6 Å². The molecule has 0 aliphatic heterocycles. The summed E-state index contributed by atoms with van der Waals surface area (Å²) < 4.78 is 0. The third-order valence-corrected chi connectivity index (χ3v) is 7.38. The Morgan fingerprint density at radius 2 is 1.89 bits per heavy atom. The number of anilines is 2. The van der Waals surface area contributed by atoms with Crippen LogP contribution in [-0.2, 0) is 0 Å². The number of amides is 1. The summed E-state index contributed by atoms with van der Waals surface area (Å²) in [6.45, 7) is 0. The van der Waals surface area contributed by atoms with Crippen molar-refractivity contribution in [3.63, 3.8) is 0 Å². The molecule has 0 saturated heterocycles. The Morgan fingerprint density at radius 1 is 1.19 bits per heavy atom. The molecule has 27 heavy (non-hydrogen) atoms. The molecule has 3 N–H and O–H groups in total. The lowest BCUT2D eigenvalue weighted by Crippen LogP contribution is -2.61. The van der Waals surface area contributed by atoms with Crippen LogP contribution in [0.4, 0.5) is 10.8 Å². The number of hydrogen-bond acceptors (Lipinski definition) is 5. The minimum absolute atomic E-state index is 0.111. The molecule has 5 nitrogen and oxygen atoms in total. The average Bonchev–Trinajstić information content (AvgIpc) is 3.07. The van der Waals surface area contributed by atoms with E-state index in [9.17, 15) is 9.90 Å². The lowest BCUT2D eigenvalue weighted by molar-refractivity contribution is -0.136. The van der Waals surface area contributed by atoms with E-state index in [1.54, 1.807) is 5.38 Å². The van der Waals surface area contributed by atoms with Crippen molar-refractivity contribution < 1.29 is 9.90 Å². The van der Waals surface area contributed by atoms with Crippen LogP contribution in [0.25, 0.3) is 0 Å². The van der Waals surface area contributed by atoms with E-state index in [0.717, 1.165) is 37.8 Å². The second kappa shape index (κ2) is 6.47. The Bertz CT molecular complexity index is 852. The zero-order chi connectivity index (χ0) is 18.6. The van der Waals surface area contributed by atoms with E-state index in [-0.39, 0.29) is 11.9 Å². The van der Waals surface area contributed by atoms with Gasteiger partial charge in [0.1, 0.15) is 5.69 Å². The molecule has 0 spiro atoms. The fourth-order valence-electron chi connectivity index (χ4n) is 5.53. The van der Waals surface area contributed by atoms with Gasteiger partial charge in [-0.2, -0.15) is 0 Å². The predicted octanol–water partition coefficient (Wildman–Crippen LogP) is 4.21. The van der Waals surface area contributed by atoms with E-state index >= 15 is 0 Å². The van der Waals surface area contributed by atoms with Crippen molar-refractivity contribution in [1.29, 1.82) is 0 Å². The highest BCUT2D eigenvalue weighted by atomic mass is 35.5.